The summed E-state index contributed by atoms with van der Waals surface area (Å²) in [7, 11) is 0. The highest BCUT2D eigenvalue weighted by Crippen LogP contribution is 2.32. The van der Waals surface area contributed by atoms with Crippen molar-refractivity contribution >= 4 is 5.91 Å². The minimum atomic E-state index is -1.58. The van der Waals surface area contributed by atoms with Gasteiger partial charge in [-0.05, 0) is 25.8 Å². The number of rotatable bonds is 10. The van der Waals surface area contributed by atoms with E-state index in [2.05, 4.69) is 5.32 Å². The Kier molecular flexibility index (Phi) is 11.0. The van der Waals surface area contributed by atoms with E-state index in [-0.39, 0.29) is 32.4 Å². The summed E-state index contributed by atoms with van der Waals surface area (Å²) in [5, 5.41) is 63.6. The summed E-state index contributed by atoms with van der Waals surface area (Å²) in [6.07, 6.45) is -13.7. The topological polar surface area (TPSA) is 291 Å². The number of amides is 1. The molecule has 1 saturated carbocycles. The van der Waals surface area contributed by atoms with Crippen LogP contribution in [0.3, 0.4) is 0 Å². The van der Waals surface area contributed by atoms with Gasteiger partial charge in [-0.15, -0.1) is 0 Å². The molecule has 14 atom stereocenters. The standard InChI is InChI=1S/C21H41N5O11/c22-2-1-10(28)19(33)26-9-3-7(24)17(36-20-8(25)4-11(29)12(5-23)34-20)18(14(9)30)37-21-16(32)15(31)13(6-27)35-21/h7-18,20-21,27-32H,1-6,22-25H2,(H,26,33)/t7-,8+,9+,10-,11-,12+,13+,14-,15-,16+,17+,18+,20+,21-/m0/s1. The van der Waals surface area contributed by atoms with E-state index in [1.54, 1.807) is 0 Å². The van der Waals surface area contributed by atoms with Crippen LogP contribution in [0.4, 0.5) is 0 Å². The number of hydrogen-bond acceptors (Lipinski definition) is 15. The molecule has 16 heteroatoms. The molecule has 0 radical (unpaired) electrons. The Hall–Kier alpha value is -1.09. The number of ether oxygens (including phenoxy) is 4. The van der Waals surface area contributed by atoms with E-state index in [1.807, 2.05) is 0 Å². The van der Waals surface area contributed by atoms with Gasteiger partial charge in [-0.3, -0.25) is 4.79 Å². The second-order valence-corrected chi connectivity index (χ2v) is 9.75. The molecule has 0 aromatic rings. The lowest BCUT2D eigenvalue weighted by Gasteiger charge is -2.47. The number of carbonyl (C=O) groups is 1. The molecule has 216 valence electrons. The maximum atomic E-state index is 12.4. The van der Waals surface area contributed by atoms with Gasteiger partial charge in [0.05, 0.1) is 30.9 Å². The molecular formula is C21H41N5O11. The molecular weight excluding hydrogens is 498 g/mol. The smallest absolute Gasteiger partial charge is 0.249 e. The second-order valence-electron chi connectivity index (χ2n) is 9.75. The summed E-state index contributed by atoms with van der Waals surface area (Å²) in [6.45, 7) is -0.542. The lowest BCUT2D eigenvalue weighted by molar-refractivity contribution is -0.295. The van der Waals surface area contributed by atoms with Crippen LogP contribution in [0, 0.1) is 0 Å². The van der Waals surface area contributed by atoms with Gasteiger partial charge in [-0.1, -0.05) is 0 Å². The third-order valence-electron chi connectivity index (χ3n) is 7.01. The van der Waals surface area contributed by atoms with E-state index in [9.17, 15) is 35.4 Å². The number of hydrogen-bond donors (Lipinski definition) is 11. The number of aliphatic hydroxyl groups is 6. The van der Waals surface area contributed by atoms with Crippen molar-refractivity contribution in [2.75, 3.05) is 19.7 Å². The zero-order valence-electron chi connectivity index (χ0n) is 20.4. The molecule has 1 amide bonds. The Morgan fingerprint density at radius 3 is 2.16 bits per heavy atom. The number of carbonyl (C=O) groups excluding carboxylic acids is 1. The third kappa shape index (κ3) is 6.92. The Morgan fingerprint density at radius 1 is 0.919 bits per heavy atom. The summed E-state index contributed by atoms with van der Waals surface area (Å²) in [4.78, 5) is 12.4. The molecule has 3 aliphatic rings. The average molecular weight is 540 g/mol. The fourth-order valence-electron chi connectivity index (χ4n) is 4.82. The number of nitrogens with two attached hydrogens (primary N) is 4. The molecule has 3 rings (SSSR count). The van der Waals surface area contributed by atoms with Crippen LogP contribution in [-0.2, 0) is 23.7 Å². The van der Waals surface area contributed by atoms with Gasteiger partial charge in [0, 0.05) is 12.6 Å². The van der Waals surface area contributed by atoms with Crippen molar-refractivity contribution in [1.29, 1.82) is 0 Å². The molecule has 2 aliphatic heterocycles. The molecule has 0 spiro atoms. The monoisotopic (exact) mass is 539 g/mol. The summed E-state index contributed by atoms with van der Waals surface area (Å²) in [6, 6.07) is -2.67. The predicted molar refractivity (Wildman–Crippen MR) is 124 cm³/mol. The zero-order valence-corrected chi connectivity index (χ0v) is 20.4. The van der Waals surface area contributed by atoms with E-state index in [0.717, 1.165) is 0 Å². The quantitative estimate of drug-likeness (QED) is 0.123. The van der Waals surface area contributed by atoms with E-state index >= 15 is 0 Å². The lowest BCUT2D eigenvalue weighted by Crippen LogP contribution is -2.67. The van der Waals surface area contributed by atoms with Crippen molar-refractivity contribution < 1.29 is 54.4 Å². The van der Waals surface area contributed by atoms with E-state index in [4.69, 9.17) is 41.9 Å². The van der Waals surface area contributed by atoms with Crippen molar-refractivity contribution in [2.45, 2.75) is 105 Å². The normalized spacial score (nSPS) is 45.5. The highest BCUT2D eigenvalue weighted by molar-refractivity contribution is 5.80. The summed E-state index contributed by atoms with van der Waals surface area (Å²) in [5.74, 6) is -0.773. The predicted octanol–water partition coefficient (Wildman–Crippen LogP) is -6.76. The Bertz CT molecular complexity index is 741. The molecule has 0 unspecified atom stereocenters. The maximum absolute atomic E-state index is 12.4. The van der Waals surface area contributed by atoms with E-state index in [1.165, 1.54) is 0 Å². The summed E-state index contributed by atoms with van der Waals surface area (Å²) >= 11 is 0. The van der Waals surface area contributed by atoms with Gasteiger partial charge >= 0.3 is 0 Å². The SMILES string of the molecule is NCC[C@H](O)C(=O)N[C@@H]1C[C@H](N)[C@@H](O[C@H]2O[C@H](CN)[C@@H](O)C[C@H]2N)[C@H](O[C@@H]2O[C@H](CO)[C@H](O)[C@H]2O)[C@H]1O. The largest absolute Gasteiger partial charge is 0.394 e. The van der Waals surface area contributed by atoms with Crippen molar-refractivity contribution in [1.82, 2.24) is 5.32 Å². The first kappa shape index (κ1) is 30.5. The minimum absolute atomic E-state index is 0.0000219. The zero-order chi connectivity index (χ0) is 27.4. The number of aliphatic hydroxyl groups excluding tert-OH is 6. The van der Waals surface area contributed by atoms with Gasteiger partial charge in [-0.2, -0.15) is 0 Å². The average Bonchev–Trinajstić information content (AvgIpc) is 3.13. The molecule has 16 nitrogen and oxygen atoms in total. The molecule has 37 heavy (non-hydrogen) atoms. The van der Waals surface area contributed by atoms with Crippen LogP contribution in [0.1, 0.15) is 19.3 Å². The van der Waals surface area contributed by atoms with E-state index < -0.39 is 98.2 Å². The van der Waals surface area contributed by atoms with Gasteiger partial charge in [0.1, 0.15) is 42.7 Å². The first-order chi connectivity index (χ1) is 17.5. The Balaban J connectivity index is 1.81. The molecule has 0 aromatic heterocycles. The second kappa shape index (κ2) is 13.3. The van der Waals surface area contributed by atoms with Crippen molar-refractivity contribution in [3.63, 3.8) is 0 Å². The van der Waals surface area contributed by atoms with Crippen molar-refractivity contribution in [3.8, 4) is 0 Å². The van der Waals surface area contributed by atoms with Crippen LogP contribution in [-0.4, -0.2) is 142 Å². The fraction of sp³-hybridized carbons (Fsp3) is 0.952. The molecule has 1 aliphatic carbocycles. The van der Waals surface area contributed by atoms with Crippen LogP contribution < -0.4 is 28.3 Å². The first-order valence-electron chi connectivity index (χ1n) is 12.4. The van der Waals surface area contributed by atoms with Crippen LogP contribution >= 0.6 is 0 Å². The fourth-order valence-corrected chi connectivity index (χ4v) is 4.82. The molecule has 0 aromatic carbocycles. The summed E-state index contributed by atoms with van der Waals surface area (Å²) in [5.41, 5.74) is 23.5. The van der Waals surface area contributed by atoms with Gasteiger partial charge in [-0.25, -0.2) is 0 Å². The Morgan fingerprint density at radius 2 is 1.57 bits per heavy atom. The van der Waals surface area contributed by atoms with Crippen LogP contribution in [0.2, 0.25) is 0 Å². The minimum Gasteiger partial charge on any atom is -0.394 e. The molecule has 2 heterocycles. The molecule has 2 saturated heterocycles. The highest BCUT2D eigenvalue weighted by atomic mass is 16.7. The van der Waals surface area contributed by atoms with Crippen LogP contribution in [0.25, 0.3) is 0 Å². The Labute approximate surface area is 213 Å². The van der Waals surface area contributed by atoms with Gasteiger partial charge in [0.15, 0.2) is 12.6 Å². The van der Waals surface area contributed by atoms with Gasteiger partial charge in [0.2, 0.25) is 5.91 Å². The van der Waals surface area contributed by atoms with Gasteiger partial charge < -0.3 is 77.8 Å². The highest BCUT2D eigenvalue weighted by Gasteiger charge is 2.52. The third-order valence-corrected chi connectivity index (χ3v) is 7.01. The first-order valence-corrected chi connectivity index (χ1v) is 12.4. The summed E-state index contributed by atoms with van der Waals surface area (Å²) < 4.78 is 23.0. The lowest BCUT2D eigenvalue weighted by atomic mass is 9.83. The molecule has 15 N–H and O–H groups in total. The maximum Gasteiger partial charge on any atom is 0.249 e. The van der Waals surface area contributed by atoms with Crippen molar-refractivity contribution in [3.05, 3.63) is 0 Å². The number of nitrogens with one attached hydrogen (secondary N) is 1. The molecule has 3 fully saturated rings. The van der Waals surface area contributed by atoms with Crippen LogP contribution in [0.15, 0.2) is 0 Å². The van der Waals surface area contributed by atoms with Crippen molar-refractivity contribution in [2.24, 2.45) is 22.9 Å². The van der Waals surface area contributed by atoms with Gasteiger partial charge in [0.25, 0.3) is 0 Å². The molecule has 0 bridgehead atoms. The van der Waals surface area contributed by atoms with E-state index in [0.29, 0.717) is 0 Å². The van der Waals surface area contributed by atoms with Crippen LogP contribution in [0.5, 0.6) is 0 Å².